The number of nitriles is 1. The second kappa shape index (κ2) is 6.09. The average Bonchev–Trinajstić information content (AvgIpc) is 2.26. The van der Waals surface area contributed by atoms with Crippen molar-refractivity contribution in [2.75, 3.05) is 19.6 Å². The van der Waals surface area contributed by atoms with Gasteiger partial charge in [0, 0.05) is 12.6 Å². The molecule has 1 rings (SSSR count). The summed E-state index contributed by atoms with van der Waals surface area (Å²) in [4.78, 5) is 2.32. The van der Waals surface area contributed by atoms with E-state index < -0.39 is 0 Å². The lowest BCUT2D eigenvalue weighted by Crippen LogP contribution is -2.43. The molecule has 0 aromatic heterocycles. The predicted molar refractivity (Wildman–Crippen MR) is 62.5 cm³/mol. The molecule has 0 radical (unpaired) electrons. The Morgan fingerprint density at radius 3 is 2.40 bits per heavy atom. The van der Waals surface area contributed by atoms with Gasteiger partial charge in [0.25, 0.3) is 0 Å². The van der Waals surface area contributed by atoms with Gasteiger partial charge >= 0.3 is 0 Å². The second-order valence-electron chi connectivity index (χ2n) is 4.79. The molecule has 0 saturated carbocycles. The van der Waals surface area contributed by atoms with Crippen LogP contribution in [0.25, 0.3) is 0 Å². The molecule has 0 amide bonds. The van der Waals surface area contributed by atoms with Crippen LogP contribution in [0.5, 0.6) is 0 Å². The number of nitrogens with zero attached hydrogens (tertiary/aromatic N) is 2. The van der Waals surface area contributed by atoms with E-state index in [0.717, 1.165) is 25.6 Å². The van der Waals surface area contributed by atoms with E-state index in [4.69, 9.17) is 5.26 Å². The van der Waals surface area contributed by atoms with Gasteiger partial charge in [-0.25, -0.2) is 0 Å². The van der Waals surface area contributed by atoms with E-state index in [1.807, 2.05) is 6.92 Å². The van der Waals surface area contributed by atoms with E-state index in [1.54, 1.807) is 0 Å². The molecule has 1 heterocycles. The molecule has 3 nitrogen and oxygen atoms in total. The Morgan fingerprint density at radius 1 is 1.33 bits per heavy atom. The van der Waals surface area contributed by atoms with E-state index in [9.17, 15) is 0 Å². The summed E-state index contributed by atoms with van der Waals surface area (Å²) in [7, 11) is 0. The first-order chi connectivity index (χ1) is 7.15. The van der Waals surface area contributed by atoms with Gasteiger partial charge in [0.15, 0.2) is 0 Å². The third-order valence-electron chi connectivity index (χ3n) is 3.28. The van der Waals surface area contributed by atoms with Gasteiger partial charge in [-0.15, -0.1) is 0 Å². The highest BCUT2D eigenvalue weighted by atomic mass is 15.2. The lowest BCUT2D eigenvalue weighted by atomic mass is 9.96. The molecule has 1 atom stereocenters. The number of hydrogen-bond acceptors (Lipinski definition) is 3. The van der Waals surface area contributed by atoms with Crippen molar-refractivity contribution in [3.63, 3.8) is 0 Å². The van der Waals surface area contributed by atoms with Crippen molar-refractivity contribution in [2.24, 2.45) is 5.92 Å². The van der Waals surface area contributed by atoms with Crippen LogP contribution in [-0.2, 0) is 0 Å². The first-order valence-electron chi connectivity index (χ1n) is 6.01. The first kappa shape index (κ1) is 12.5. The van der Waals surface area contributed by atoms with Gasteiger partial charge in [0.05, 0.1) is 12.1 Å². The maximum Gasteiger partial charge on any atom is 0.0951 e. The smallest absolute Gasteiger partial charge is 0.0951 e. The fourth-order valence-electron chi connectivity index (χ4n) is 2.25. The van der Waals surface area contributed by atoms with Crippen molar-refractivity contribution in [2.45, 2.75) is 45.7 Å². The molecule has 0 spiro atoms. The fraction of sp³-hybridized carbons (Fsp3) is 0.917. The Morgan fingerprint density at radius 2 is 1.93 bits per heavy atom. The number of nitrogens with one attached hydrogen (secondary N) is 1. The van der Waals surface area contributed by atoms with Crippen LogP contribution >= 0.6 is 0 Å². The summed E-state index contributed by atoms with van der Waals surface area (Å²) in [6, 6.07) is 2.85. The summed E-state index contributed by atoms with van der Waals surface area (Å²) in [6.07, 6.45) is 2.50. The zero-order valence-electron chi connectivity index (χ0n) is 10.2. The van der Waals surface area contributed by atoms with Gasteiger partial charge in [0.2, 0.25) is 0 Å². The lowest BCUT2D eigenvalue weighted by Gasteiger charge is -2.34. The van der Waals surface area contributed by atoms with Gasteiger partial charge < -0.3 is 5.32 Å². The predicted octanol–water partition coefficient (Wildman–Crippen LogP) is 1.61. The van der Waals surface area contributed by atoms with Crippen molar-refractivity contribution in [1.82, 2.24) is 10.2 Å². The van der Waals surface area contributed by atoms with E-state index in [-0.39, 0.29) is 6.04 Å². The molecular formula is C12H23N3. The van der Waals surface area contributed by atoms with Gasteiger partial charge in [-0.05, 0) is 52.6 Å². The van der Waals surface area contributed by atoms with Crippen LogP contribution < -0.4 is 5.32 Å². The van der Waals surface area contributed by atoms with Gasteiger partial charge in [-0.3, -0.25) is 4.90 Å². The van der Waals surface area contributed by atoms with Crippen LogP contribution in [0.3, 0.4) is 0 Å². The van der Waals surface area contributed by atoms with E-state index in [0.29, 0.717) is 6.04 Å². The summed E-state index contributed by atoms with van der Waals surface area (Å²) >= 11 is 0. The van der Waals surface area contributed by atoms with Crippen molar-refractivity contribution >= 4 is 0 Å². The highest BCUT2D eigenvalue weighted by molar-refractivity contribution is 4.90. The summed E-state index contributed by atoms with van der Waals surface area (Å²) in [5, 5.41) is 12.4. The molecule has 1 N–H and O–H groups in total. The average molecular weight is 209 g/mol. The Bertz CT molecular complexity index is 213. The van der Waals surface area contributed by atoms with E-state index in [2.05, 4.69) is 30.1 Å². The van der Waals surface area contributed by atoms with Crippen LogP contribution in [0.1, 0.15) is 33.6 Å². The van der Waals surface area contributed by atoms with Gasteiger partial charge in [-0.1, -0.05) is 0 Å². The zero-order valence-corrected chi connectivity index (χ0v) is 10.2. The molecule has 0 aromatic carbocycles. The monoisotopic (exact) mass is 209 g/mol. The third-order valence-corrected chi connectivity index (χ3v) is 3.28. The molecule has 1 aliphatic rings. The van der Waals surface area contributed by atoms with Crippen molar-refractivity contribution in [3.05, 3.63) is 0 Å². The molecule has 1 unspecified atom stereocenters. The molecule has 15 heavy (non-hydrogen) atoms. The maximum atomic E-state index is 8.98. The van der Waals surface area contributed by atoms with Crippen molar-refractivity contribution < 1.29 is 0 Å². The van der Waals surface area contributed by atoms with Crippen LogP contribution in [0.2, 0.25) is 0 Å². The minimum atomic E-state index is 0.0416. The molecule has 1 aliphatic heterocycles. The number of piperidine rings is 1. The van der Waals surface area contributed by atoms with Crippen molar-refractivity contribution in [3.8, 4) is 6.07 Å². The van der Waals surface area contributed by atoms with Crippen LogP contribution in [0.15, 0.2) is 0 Å². The molecule has 86 valence electrons. The minimum absolute atomic E-state index is 0.0416. The molecule has 3 heteroatoms. The standard InChI is InChI=1S/C12H23N3/c1-10(2)15(11(3)8-13)9-12-4-6-14-7-5-12/h10-12,14H,4-7,9H2,1-3H3. The SMILES string of the molecule is CC(C)N(CC1CCNCC1)C(C)C#N. The molecule has 1 fully saturated rings. The summed E-state index contributed by atoms with van der Waals surface area (Å²) in [6.45, 7) is 9.70. The highest BCUT2D eigenvalue weighted by Gasteiger charge is 2.22. The second-order valence-corrected chi connectivity index (χ2v) is 4.79. The Hall–Kier alpha value is -0.590. The van der Waals surface area contributed by atoms with Crippen LogP contribution in [-0.4, -0.2) is 36.6 Å². The molecule has 0 bridgehead atoms. The fourth-order valence-corrected chi connectivity index (χ4v) is 2.25. The third kappa shape index (κ3) is 3.81. The molecule has 0 aromatic rings. The quantitative estimate of drug-likeness (QED) is 0.764. The van der Waals surface area contributed by atoms with Crippen LogP contribution in [0, 0.1) is 17.2 Å². The molecular weight excluding hydrogens is 186 g/mol. The lowest BCUT2D eigenvalue weighted by molar-refractivity contribution is 0.149. The molecule has 0 aliphatic carbocycles. The maximum absolute atomic E-state index is 8.98. The Kier molecular flexibility index (Phi) is 5.07. The molecule has 1 saturated heterocycles. The summed E-state index contributed by atoms with van der Waals surface area (Å²) in [5.74, 6) is 0.768. The van der Waals surface area contributed by atoms with E-state index in [1.165, 1.54) is 12.8 Å². The summed E-state index contributed by atoms with van der Waals surface area (Å²) < 4.78 is 0. The highest BCUT2D eigenvalue weighted by Crippen LogP contribution is 2.16. The first-order valence-corrected chi connectivity index (χ1v) is 6.01. The zero-order chi connectivity index (χ0) is 11.3. The normalized spacial score (nSPS) is 20.5. The van der Waals surface area contributed by atoms with Gasteiger partial charge in [0.1, 0.15) is 0 Å². The van der Waals surface area contributed by atoms with Crippen molar-refractivity contribution in [1.29, 1.82) is 5.26 Å². The summed E-state index contributed by atoms with van der Waals surface area (Å²) in [5.41, 5.74) is 0. The largest absolute Gasteiger partial charge is 0.317 e. The Balaban J connectivity index is 2.46. The van der Waals surface area contributed by atoms with E-state index >= 15 is 0 Å². The van der Waals surface area contributed by atoms with Crippen LogP contribution in [0.4, 0.5) is 0 Å². The Labute approximate surface area is 93.5 Å². The topological polar surface area (TPSA) is 39.1 Å². The minimum Gasteiger partial charge on any atom is -0.317 e. The number of hydrogen-bond donors (Lipinski definition) is 1. The van der Waals surface area contributed by atoms with Gasteiger partial charge in [-0.2, -0.15) is 5.26 Å². The number of rotatable bonds is 4.